The second kappa shape index (κ2) is 5.48. The van der Waals surface area contributed by atoms with E-state index in [1.807, 2.05) is 37.4 Å². The van der Waals surface area contributed by atoms with Crippen LogP contribution in [0.5, 0.6) is 0 Å². The molecule has 1 aromatic carbocycles. The first-order valence-corrected chi connectivity index (χ1v) is 6.99. The fraction of sp³-hybridized carbons (Fsp3) is 0.188. The van der Waals surface area contributed by atoms with Gasteiger partial charge in [0, 0.05) is 17.8 Å². The number of benzene rings is 1. The predicted molar refractivity (Wildman–Crippen MR) is 83.8 cm³/mol. The number of fused-ring (bicyclic) bond motifs is 1. The number of nitrogens with zero attached hydrogens (tertiary/aromatic N) is 1. The monoisotopic (exact) mass is 296 g/mol. The first-order valence-electron chi connectivity index (χ1n) is 6.99. The van der Waals surface area contributed by atoms with E-state index >= 15 is 0 Å². The topological polar surface area (TPSA) is 90.6 Å². The van der Waals surface area contributed by atoms with Gasteiger partial charge in [0.15, 0.2) is 0 Å². The van der Waals surface area contributed by atoms with E-state index in [4.69, 9.17) is 0 Å². The number of aryl methyl sites for hydroxylation is 1. The maximum atomic E-state index is 12.2. The zero-order valence-electron chi connectivity index (χ0n) is 12.3. The van der Waals surface area contributed by atoms with E-state index in [9.17, 15) is 9.59 Å². The van der Waals surface area contributed by atoms with Crippen LogP contribution in [-0.2, 0) is 0 Å². The third-order valence-electron chi connectivity index (χ3n) is 3.52. The average Bonchev–Trinajstić information content (AvgIpc) is 2.93. The summed E-state index contributed by atoms with van der Waals surface area (Å²) in [5, 5.41) is 3.98. The molecule has 0 fully saturated rings. The summed E-state index contributed by atoms with van der Waals surface area (Å²) in [6.45, 7) is 3.53. The van der Waals surface area contributed by atoms with Crippen LogP contribution in [0.2, 0.25) is 0 Å². The van der Waals surface area contributed by atoms with E-state index in [1.165, 1.54) is 6.07 Å². The number of nitrogens with one attached hydrogen (secondary N) is 3. The molecule has 0 aliphatic heterocycles. The highest BCUT2D eigenvalue weighted by Gasteiger charge is 2.14. The molecule has 22 heavy (non-hydrogen) atoms. The standard InChI is InChI=1S/C16H16N4O2/c1-9(12-4-3-11-5-6-17-13(11)7-12)18-16(22)14-8-15(21)20-10(2)19-14/h3-9,17H,1-2H3,(H,18,22)(H,19,20,21). The van der Waals surface area contributed by atoms with E-state index in [1.54, 1.807) is 6.92 Å². The summed E-state index contributed by atoms with van der Waals surface area (Å²) in [5.74, 6) is 0.0476. The summed E-state index contributed by atoms with van der Waals surface area (Å²) in [6, 6.07) is 8.96. The van der Waals surface area contributed by atoms with Gasteiger partial charge in [-0.3, -0.25) is 9.59 Å². The van der Waals surface area contributed by atoms with Crippen LogP contribution in [0.3, 0.4) is 0 Å². The molecule has 0 bridgehead atoms. The van der Waals surface area contributed by atoms with Crippen molar-refractivity contribution in [1.82, 2.24) is 20.3 Å². The molecule has 0 aliphatic carbocycles. The molecule has 0 saturated heterocycles. The Morgan fingerprint density at radius 3 is 2.86 bits per heavy atom. The van der Waals surface area contributed by atoms with Crippen molar-refractivity contribution in [3.8, 4) is 0 Å². The minimum Gasteiger partial charge on any atom is -0.361 e. The van der Waals surface area contributed by atoms with Gasteiger partial charge < -0.3 is 15.3 Å². The number of carbonyl (C=O) groups excluding carboxylic acids is 1. The Hall–Kier alpha value is -2.89. The Kier molecular flexibility index (Phi) is 3.50. The summed E-state index contributed by atoms with van der Waals surface area (Å²) in [7, 11) is 0. The summed E-state index contributed by atoms with van der Waals surface area (Å²) in [6.07, 6.45) is 1.88. The molecule has 1 unspecified atom stereocenters. The van der Waals surface area contributed by atoms with Gasteiger partial charge in [-0.25, -0.2) is 4.98 Å². The van der Waals surface area contributed by atoms with Crippen molar-refractivity contribution in [1.29, 1.82) is 0 Å². The number of amides is 1. The molecule has 6 nitrogen and oxygen atoms in total. The van der Waals surface area contributed by atoms with Gasteiger partial charge in [-0.2, -0.15) is 0 Å². The van der Waals surface area contributed by atoms with Gasteiger partial charge in [0.2, 0.25) is 0 Å². The number of rotatable bonds is 3. The molecule has 2 heterocycles. The third kappa shape index (κ3) is 2.76. The number of aromatic nitrogens is 3. The summed E-state index contributed by atoms with van der Waals surface area (Å²) < 4.78 is 0. The zero-order chi connectivity index (χ0) is 15.7. The van der Waals surface area contributed by atoms with E-state index in [0.29, 0.717) is 5.82 Å². The SMILES string of the molecule is Cc1nc(C(=O)NC(C)c2ccc3cc[nH]c3c2)cc(=O)[nH]1. The van der Waals surface area contributed by atoms with Gasteiger partial charge in [0.25, 0.3) is 11.5 Å². The molecule has 3 rings (SSSR count). The van der Waals surface area contributed by atoms with Crippen molar-refractivity contribution >= 4 is 16.8 Å². The maximum absolute atomic E-state index is 12.2. The van der Waals surface area contributed by atoms with Crippen LogP contribution < -0.4 is 10.9 Å². The number of hydrogen-bond donors (Lipinski definition) is 3. The number of carbonyl (C=O) groups is 1. The molecular weight excluding hydrogens is 280 g/mol. The molecule has 3 aromatic rings. The van der Waals surface area contributed by atoms with Crippen LogP contribution in [-0.4, -0.2) is 20.9 Å². The molecule has 0 aliphatic rings. The van der Waals surface area contributed by atoms with E-state index < -0.39 is 0 Å². The zero-order valence-corrected chi connectivity index (χ0v) is 12.3. The molecule has 112 valence electrons. The van der Waals surface area contributed by atoms with E-state index in [2.05, 4.69) is 20.3 Å². The lowest BCUT2D eigenvalue weighted by Crippen LogP contribution is -2.29. The highest BCUT2D eigenvalue weighted by atomic mass is 16.2. The Morgan fingerprint density at radius 1 is 1.27 bits per heavy atom. The lowest BCUT2D eigenvalue weighted by Gasteiger charge is -2.14. The minimum absolute atomic E-state index is 0.119. The minimum atomic E-state index is -0.367. The highest BCUT2D eigenvalue weighted by molar-refractivity contribution is 5.92. The predicted octanol–water partition coefficient (Wildman–Crippen LogP) is 2.05. The van der Waals surface area contributed by atoms with Crippen LogP contribution in [0.15, 0.2) is 41.3 Å². The second-order valence-corrected chi connectivity index (χ2v) is 5.24. The van der Waals surface area contributed by atoms with Crippen molar-refractivity contribution in [2.45, 2.75) is 19.9 Å². The summed E-state index contributed by atoms with van der Waals surface area (Å²) >= 11 is 0. The van der Waals surface area contributed by atoms with Crippen molar-refractivity contribution in [3.05, 3.63) is 64.0 Å². The first kappa shape index (κ1) is 14.1. The molecule has 0 saturated carbocycles. The normalized spacial score (nSPS) is 12.3. The molecule has 3 N–H and O–H groups in total. The molecular formula is C16H16N4O2. The van der Waals surface area contributed by atoms with E-state index in [-0.39, 0.29) is 23.2 Å². The quantitative estimate of drug-likeness (QED) is 0.691. The fourth-order valence-corrected chi connectivity index (χ4v) is 2.38. The highest BCUT2D eigenvalue weighted by Crippen LogP contribution is 2.19. The molecule has 0 spiro atoms. The molecule has 1 amide bonds. The largest absolute Gasteiger partial charge is 0.361 e. The van der Waals surface area contributed by atoms with Crippen LogP contribution in [0, 0.1) is 6.92 Å². The van der Waals surface area contributed by atoms with E-state index in [0.717, 1.165) is 16.5 Å². The summed E-state index contributed by atoms with van der Waals surface area (Å²) in [4.78, 5) is 33.3. The number of H-pyrrole nitrogens is 2. The van der Waals surface area contributed by atoms with Crippen molar-refractivity contribution in [3.63, 3.8) is 0 Å². The van der Waals surface area contributed by atoms with Crippen LogP contribution in [0.1, 0.15) is 34.8 Å². The van der Waals surface area contributed by atoms with Crippen molar-refractivity contribution in [2.75, 3.05) is 0 Å². The molecule has 6 heteroatoms. The van der Waals surface area contributed by atoms with Crippen molar-refractivity contribution < 1.29 is 4.79 Å². The molecule has 2 aromatic heterocycles. The van der Waals surface area contributed by atoms with Gasteiger partial charge in [-0.15, -0.1) is 0 Å². The van der Waals surface area contributed by atoms with Gasteiger partial charge in [0.1, 0.15) is 11.5 Å². The lowest BCUT2D eigenvalue weighted by atomic mass is 10.1. The van der Waals surface area contributed by atoms with Crippen molar-refractivity contribution in [2.24, 2.45) is 0 Å². The summed E-state index contributed by atoms with van der Waals surface area (Å²) in [5.41, 5.74) is 1.78. The Morgan fingerprint density at radius 2 is 2.09 bits per heavy atom. The first-order chi connectivity index (χ1) is 10.5. The third-order valence-corrected chi connectivity index (χ3v) is 3.52. The molecule has 1 atom stereocenters. The Labute approximate surface area is 126 Å². The Balaban J connectivity index is 1.81. The average molecular weight is 296 g/mol. The maximum Gasteiger partial charge on any atom is 0.270 e. The molecule has 0 radical (unpaired) electrons. The van der Waals surface area contributed by atoms with Crippen LogP contribution >= 0.6 is 0 Å². The van der Waals surface area contributed by atoms with Gasteiger partial charge in [-0.1, -0.05) is 12.1 Å². The van der Waals surface area contributed by atoms with Crippen LogP contribution in [0.4, 0.5) is 0 Å². The van der Waals surface area contributed by atoms with Gasteiger partial charge >= 0.3 is 0 Å². The van der Waals surface area contributed by atoms with Crippen LogP contribution in [0.25, 0.3) is 10.9 Å². The number of aromatic amines is 2. The fourth-order valence-electron chi connectivity index (χ4n) is 2.38. The number of hydrogen-bond acceptors (Lipinski definition) is 3. The van der Waals surface area contributed by atoms with Gasteiger partial charge in [0.05, 0.1) is 6.04 Å². The Bertz CT molecular complexity index is 894. The second-order valence-electron chi connectivity index (χ2n) is 5.24. The smallest absolute Gasteiger partial charge is 0.270 e. The lowest BCUT2D eigenvalue weighted by molar-refractivity contribution is 0.0934. The van der Waals surface area contributed by atoms with Gasteiger partial charge in [-0.05, 0) is 36.9 Å².